The highest BCUT2D eigenvalue weighted by molar-refractivity contribution is 5.99. The molecule has 1 fully saturated rings. The van der Waals surface area contributed by atoms with Gasteiger partial charge in [-0.15, -0.1) is 0 Å². The molecule has 1 heterocycles. The number of hydrogen-bond donors (Lipinski definition) is 1. The highest BCUT2D eigenvalue weighted by Crippen LogP contribution is 2.40. The summed E-state index contributed by atoms with van der Waals surface area (Å²) in [6, 6.07) is 11.0. The summed E-state index contributed by atoms with van der Waals surface area (Å²) in [5.74, 6) is 0.215. The van der Waals surface area contributed by atoms with E-state index in [-0.39, 0.29) is 23.7 Å². The van der Waals surface area contributed by atoms with Crippen LogP contribution in [0.2, 0.25) is 0 Å². The summed E-state index contributed by atoms with van der Waals surface area (Å²) in [5, 5.41) is 2.86. The first kappa shape index (κ1) is 17.9. The van der Waals surface area contributed by atoms with E-state index >= 15 is 0 Å². The van der Waals surface area contributed by atoms with Crippen molar-refractivity contribution < 1.29 is 14.3 Å². The third-order valence-corrected chi connectivity index (χ3v) is 4.66. The largest absolute Gasteiger partial charge is 0.497 e. The molecule has 136 valence electrons. The molecule has 0 saturated heterocycles. The predicted molar refractivity (Wildman–Crippen MR) is 98.8 cm³/mol. The van der Waals surface area contributed by atoms with Gasteiger partial charge in [-0.3, -0.25) is 14.6 Å². The number of nitrogens with zero attached hydrogens (tertiary/aromatic N) is 2. The Balaban J connectivity index is 1.47. The van der Waals surface area contributed by atoms with Crippen LogP contribution in [0.4, 0.5) is 5.69 Å². The topological polar surface area (TPSA) is 71.5 Å². The Kier molecular flexibility index (Phi) is 5.51. The number of amides is 2. The number of nitrogens with one attached hydrogen (secondary N) is 1. The Morgan fingerprint density at radius 3 is 2.50 bits per heavy atom. The Hall–Kier alpha value is -2.89. The molecule has 26 heavy (non-hydrogen) atoms. The van der Waals surface area contributed by atoms with Crippen LogP contribution in [0.1, 0.15) is 12.0 Å². The molecule has 0 aliphatic heterocycles. The van der Waals surface area contributed by atoms with Crippen molar-refractivity contribution in [3.8, 4) is 5.75 Å². The van der Waals surface area contributed by atoms with Crippen molar-refractivity contribution in [1.29, 1.82) is 0 Å². The van der Waals surface area contributed by atoms with Gasteiger partial charge in [0.1, 0.15) is 5.75 Å². The monoisotopic (exact) mass is 353 g/mol. The van der Waals surface area contributed by atoms with Crippen LogP contribution < -0.4 is 10.1 Å². The van der Waals surface area contributed by atoms with Gasteiger partial charge in [-0.2, -0.15) is 0 Å². The van der Waals surface area contributed by atoms with Gasteiger partial charge in [-0.25, -0.2) is 0 Å². The quantitative estimate of drug-likeness (QED) is 0.829. The number of aromatic nitrogens is 1. The van der Waals surface area contributed by atoms with Gasteiger partial charge in [-0.05, 0) is 54.8 Å². The second-order valence-corrected chi connectivity index (χ2v) is 6.53. The van der Waals surface area contributed by atoms with E-state index in [1.54, 1.807) is 55.7 Å². The van der Waals surface area contributed by atoms with Crippen molar-refractivity contribution in [2.45, 2.75) is 12.8 Å². The van der Waals surface area contributed by atoms with Crippen molar-refractivity contribution in [2.24, 2.45) is 11.8 Å². The zero-order valence-electron chi connectivity index (χ0n) is 15.0. The van der Waals surface area contributed by atoms with Crippen LogP contribution in [0, 0.1) is 11.8 Å². The maximum Gasteiger partial charge on any atom is 0.228 e. The lowest BCUT2D eigenvalue weighted by atomic mass is 10.2. The van der Waals surface area contributed by atoms with Gasteiger partial charge >= 0.3 is 0 Å². The van der Waals surface area contributed by atoms with Gasteiger partial charge in [0.2, 0.25) is 11.8 Å². The van der Waals surface area contributed by atoms with Crippen molar-refractivity contribution in [3.63, 3.8) is 0 Å². The molecule has 6 heteroatoms. The second-order valence-electron chi connectivity index (χ2n) is 6.53. The van der Waals surface area contributed by atoms with E-state index in [2.05, 4.69) is 10.3 Å². The van der Waals surface area contributed by atoms with Crippen molar-refractivity contribution >= 4 is 17.5 Å². The number of carbonyl (C=O) groups is 2. The van der Waals surface area contributed by atoms with E-state index in [4.69, 9.17) is 4.74 Å². The van der Waals surface area contributed by atoms with E-state index in [9.17, 15) is 9.59 Å². The predicted octanol–water partition coefficient (Wildman–Crippen LogP) is 2.37. The lowest BCUT2D eigenvalue weighted by Crippen LogP contribution is -2.31. The molecular formula is C20H23N3O3. The molecule has 2 unspecified atom stereocenters. The molecule has 2 atom stereocenters. The number of ether oxygens (including phenoxy) is 1. The van der Waals surface area contributed by atoms with Crippen LogP contribution >= 0.6 is 0 Å². The molecule has 1 aromatic carbocycles. The van der Waals surface area contributed by atoms with Crippen LogP contribution in [-0.2, 0) is 16.0 Å². The van der Waals surface area contributed by atoms with Gasteiger partial charge in [0.25, 0.3) is 0 Å². The fourth-order valence-corrected chi connectivity index (χ4v) is 2.91. The Labute approximate surface area is 153 Å². The first-order chi connectivity index (χ1) is 12.6. The number of carbonyl (C=O) groups excluding carboxylic acids is 2. The second kappa shape index (κ2) is 7.99. The fourth-order valence-electron chi connectivity index (χ4n) is 2.91. The normalized spacial score (nSPS) is 18.1. The molecule has 1 aliphatic carbocycles. The SMILES string of the molecule is COc1ccc(NC(=O)C2CC2C(=O)N(C)CCc2ccncc2)cc1. The Morgan fingerprint density at radius 1 is 1.15 bits per heavy atom. The van der Waals surface area contributed by atoms with Crippen LogP contribution in [0.25, 0.3) is 0 Å². The number of anilines is 1. The fraction of sp³-hybridized carbons (Fsp3) is 0.350. The minimum atomic E-state index is -0.243. The minimum Gasteiger partial charge on any atom is -0.497 e. The van der Waals surface area contributed by atoms with E-state index in [0.717, 1.165) is 17.7 Å². The van der Waals surface area contributed by atoms with Gasteiger partial charge in [0.05, 0.1) is 18.9 Å². The summed E-state index contributed by atoms with van der Waals surface area (Å²) >= 11 is 0. The van der Waals surface area contributed by atoms with Gasteiger partial charge < -0.3 is 15.0 Å². The van der Waals surface area contributed by atoms with E-state index in [1.807, 2.05) is 12.1 Å². The van der Waals surface area contributed by atoms with Crippen molar-refractivity contribution in [3.05, 3.63) is 54.4 Å². The average molecular weight is 353 g/mol. The molecule has 1 N–H and O–H groups in total. The number of hydrogen-bond acceptors (Lipinski definition) is 4. The summed E-state index contributed by atoms with van der Waals surface area (Å²) in [6.45, 7) is 0.631. The van der Waals surface area contributed by atoms with Gasteiger partial charge in [0, 0.05) is 31.7 Å². The van der Waals surface area contributed by atoms with Crippen molar-refractivity contribution in [2.75, 3.05) is 26.0 Å². The number of benzene rings is 1. The average Bonchev–Trinajstić information content (AvgIpc) is 3.48. The summed E-state index contributed by atoms with van der Waals surface area (Å²) in [5.41, 5.74) is 1.85. The number of methoxy groups -OCH3 is 1. The molecule has 3 rings (SSSR count). The lowest BCUT2D eigenvalue weighted by molar-refractivity contribution is -0.132. The number of rotatable bonds is 7. The van der Waals surface area contributed by atoms with E-state index in [1.165, 1.54) is 0 Å². The molecule has 6 nitrogen and oxygen atoms in total. The summed E-state index contributed by atoms with van der Waals surface area (Å²) < 4.78 is 5.10. The van der Waals surface area contributed by atoms with E-state index in [0.29, 0.717) is 18.7 Å². The summed E-state index contributed by atoms with van der Waals surface area (Å²) in [6.07, 6.45) is 4.88. The van der Waals surface area contributed by atoms with Crippen molar-refractivity contribution in [1.82, 2.24) is 9.88 Å². The van der Waals surface area contributed by atoms with E-state index < -0.39 is 0 Å². The highest BCUT2D eigenvalue weighted by atomic mass is 16.5. The third kappa shape index (κ3) is 4.39. The first-order valence-electron chi connectivity index (χ1n) is 8.67. The molecule has 1 saturated carbocycles. The molecule has 1 aliphatic rings. The maximum atomic E-state index is 12.5. The maximum absolute atomic E-state index is 12.5. The van der Waals surface area contributed by atoms with Gasteiger partial charge in [-0.1, -0.05) is 0 Å². The third-order valence-electron chi connectivity index (χ3n) is 4.66. The molecule has 0 bridgehead atoms. The molecule has 1 aromatic heterocycles. The summed E-state index contributed by atoms with van der Waals surface area (Å²) in [4.78, 5) is 30.5. The van der Waals surface area contributed by atoms with Crippen LogP contribution in [0.15, 0.2) is 48.8 Å². The smallest absolute Gasteiger partial charge is 0.228 e. The molecule has 0 radical (unpaired) electrons. The van der Waals surface area contributed by atoms with Crippen LogP contribution in [-0.4, -0.2) is 42.4 Å². The lowest BCUT2D eigenvalue weighted by Gasteiger charge is -2.17. The summed E-state index contributed by atoms with van der Waals surface area (Å²) in [7, 11) is 3.39. The highest BCUT2D eigenvalue weighted by Gasteiger charge is 2.48. The zero-order valence-corrected chi connectivity index (χ0v) is 15.0. The van der Waals surface area contributed by atoms with Crippen LogP contribution in [0.3, 0.4) is 0 Å². The zero-order chi connectivity index (χ0) is 18.5. The standard InChI is InChI=1S/C20H23N3O3/c1-23(12-9-14-7-10-21-11-8-14)20(25)18-13-17(18)19(24)22-15-3-5-16(26-2)6-4-15/h3-8,10-11,17-18H,9,12-13H2,1-2H3,(H,22,24). The number of likely N-dealkylation sites (N-methyl/N-ethyl adjacent to an activating group) is 1. The molecular weight excluding hydrogens is 330 g/mol. The first-order valence-corrected chi connectivity index (χ1v) is 8.67. The van der Waals surface area contributed by atoms with Gasteiger partial charge in [0.15, 0.2) is 0 Å². The molecule has 2 aromatic rings. The minimum absolute atomic E-state index is 0.0361. The molecule has 0 spiro atoms. The Bertz CT molecular complexity index is 762. The Morgan fingerprint density at radius 2 is 1.85 bits per heavy atom. The molecule has 2 amide bonds. The number of pyridine rings is 1. The van der Waals surface area contributed by atoms with Crippen LogP contribution in [0.5, 0.6) is 5.75 Å².